The van der Waals surface area contributed by atoms with E-state index >= 15 is 0 Å². The van der Waals surface area contributed by atoms with E-state index in [0.29, 0.717) is 36.2 Å². The molecule has 202 valence electrons. The molecule has 40 heavy (non-hydrogen) atoms. The lowest BCUT2D eigenvalue weighted by molar-refractivity contribution is 0.0691. The van der Waals surface area contributed by atoms with Gasteiger partial charge in [-0.15, -0.1) is 0 Å². The standard InChI is InChI=1S/C33H30N2O5/c1-20-9-12-22(13-10-20)24-6-3-4-7-25(24)31(37)34-23-14-15-26(27(19-23)33(39)40)32(38)35-17-5-8-30(36)28-18-21(2)11-16-29(28)35/h3-4,6-7,9-16,18-19,30,36H,5,8,17H2,1-2H3,(H,34,37)(H,39,40). The molecule has 0 spiro atoms. The Kier molecular flexibility index (Phi) is 7.49. The Morgan fingerprint density at radius 3 is 2.30 bits per heavy atom. The summed E-state index contributed by atoms with van der Waals surface area (Å²) in [5, 5.41) is 23.4. The van der Waals surface area contributed by atoms with Crippen molar-refractivity contribution in [3.8, 4) is 11.1 Å². The van der Waals surface area contributed by atoms with E-state index < -0.39 is 23.9 Å². The highest BCUT2D eigenvalue weighted by molar-refractivity contribution is 6.14. The number of fused-ring (bicyclic) bond motifs is 1. The number of aromatic carboxylic acids is 1. The van der Waals surface area contributed by atoms with Gasteiger partial charge >= 0.3 is 5.97 Å². The van der Waals surface area contributed by atoms with Gasteiger partial charge in [0.15, 0.2) is 0 Å². The van der Waals surface area contributed by atoms with Crippen LogP contribution in [0.2, 0.25) is 0 Å². The molecule has 0 saturated heterocycles. The molecule has 1 atom stereocenters. The van der Waals surface area contributed by atoms with Crippen LogP contribution in [0.25, 0.3) is 11.1 Å². The minimum Gasteiger partial charge on any atom is -0.478 e. The van der Waals surface area contributed by atoms with Crippen molar-refractivity contribution in [2.75, 3.05) is 16.8 Å². The van der Waals surface area contributed by atoms with Crippen LogP contribution >= 0.6 is 0 Å². The van der Waals surface area contributed by atoms with Gasteiger partial charge in [0.1, 0.15) is 0 Å². The molecule has 7 nitrogen and oxygen atoms in total. The van der Waals surface area contributed by atoms with Crippen LogP contribution in [0.1, 0.15) is 66.7 Å². The van der Waals surface area contributed by atoms with Gasteiger partial charge in [0.2, 0.25) is 0 Å². The molecule has 4 aromatic carbocycles. The van der Waals surface area contributed by atoms with Crippen LogP contribution in [-0.2, 0) is 0 Å². The third-order valence-corrected chi connectivity index (χ3v) is 7.21. The number of nitrogens with one attached hydrogen (secondary N) is 1. The summed E-state index contributed by atoms with van der Waals surface area (Å²) >= 11 is 0. The number of aryl methyl sites for hydroxylation is 2. The fourth-order valence-corrected chi connectivity index (χ4v) is 5.11. The van der Waals surface area contributed by atoms with Crippen LogP contribution in [-0.4, -0.2) is 34.5 Å². The summed E-state index contributed by atoms with van der Waals surface area (Å²) in [4.78, 5) is 40.8. The van der Waals surface area contributed by atoms with Crippen LogP contribution in [0, 0.1) is 13.8 Å². The third-order valence-electron chi connectivity index (χ3n) is 7.21. The van der Waals surface area contributed by atoms with Gasteiger partial charge in [-0.3, -0.25) is 9.59 Å². The van der Waals surface area contributed by atoms with Gasteiger partial charge in [-0.05, 0) is 68.1 Å². The monoisotopic (exact) mass is 534 g/mol. The number of hydrogen-bond acceptors (Lipinski definition) is 4. The maximum atomic E-state index is 13.7. The summed E-state index contributed by atoms with van der Waals surface area (Å²) in [5.41, 5.74) is 5.43. The molecule has 0 fully saturated rings. The van der Waals surface area contributed by atoms with E-state index in [-0.39, 0.29) is 16.8 Å². The molecular formula is C33H30N2O5. The highest BCUT2D eigenvalue weighted by Crippen LogP contribution is 2.35. The maximum absolute atomic E-state index is 13.7. The van der Waals surface area contributed by atoms with Gasteiger partial charge in [0, 0.05) is 29.0 Å². The molecule has 5 rings (SSSR count). The average molecular weight is 535 g/mol. The molecule has 0 aromatic heterocycles. The summed E-state index contributed by atoms with van der Waals surface area (Å²) in [6.45, 7) is 4.25. The molecule has 0 radical (unpaired) electrons. The van der Waals surface area contributed by atoms with Crippen molar-refractivity contribution in [1.82, 2.24) is 0 Å². The number of aliphatic hydroxyl groups excluding tert-OH is 1. The zero-order valence-corrected chi connectivity index (χ0v) is 22.3. The molecule has 2 amide bonds. The van der Waals surface area contributed by atoms with Crippen molar-refractivity contribution in [3.63, 3.8) is 0 Å². The van der Waals surface area contributed by atoms with Gasteiger partial charge in [-0.25, -0.2) is 4.79 Å². The van der Waals surface area contributed by atoms with E-state index in [1.54, 1.807) is 18.2 Å². The summed E-state index contributed by atoms with van der Waals surface area (Å²) < 4.78 is 0. The first-order valence-corrected chi connectivity index (χ1v) is 13.2. The smallest absolute Gasteiger partial charge is 0.336 e. The van der Waals surface area contributed by atoms with E-state index in [0.717, 1.165) is 22.3 Å². The van der Waals surface area contributed by atoms with Crippen LogP contribution in [0.5, 0.6) is 0 Å². The van der Waals surface area contributed by atoms with Gasteiger partial charge in [-0.2, -0.15) is 0 Å². The number of hydrogen-bond donors (Lipinski definition) is 3. The fraction of sp³-hybridized carbons (Fsp3) is 0.182. The minimum absolute atomic E-state index is 0.00784. The number of carboxylic acids is 1. The van der Waals surface area contributed by atoms with Crippen molar-refractivity contribution < 1.29 is 24.6 Å². The Morgan fingerprint density at radius 2 is 1.55 bits per heavy atom. The average Bonchev–Trinajstić information content (AvgIpc) is 3.11. The number of benzene rings is 4. The first kappa shape index (κ1) is 26.8. The number of anilines is 2. The molecule has 4 aromatic rings. The number of rotatable bonds is 5. The van der Waals surface area contributed by atoms with E-state index in [1.807, 2.05) is 62.4 Å². The Hall–Kier alpha value is -4.75. The van der Waals surface area contributed by atoms with Crippen molar-refractivity contribution in [3.05, 3.63) is 118 Å². The summed E-state index contributed by atoms with van der Waals surface area (Å²) in [6, 6.07) is 24.8. The van der Waals surface area contributed by atoms with Crippen molar-refractivity contribution in [1.29, 1.82) is 0 Å². The van der Waals surface area contributed by atoms with Crippen LogP contribution in [0.4, 0.5) is 11.4 Å². The highest BCUT2D eigenvalue weighted by atomic mass is 16.4. The number of nitrogens with zero attached hydrogens (tertiary/aromatic N) is 1. The molecule has 0 saturated carbocycles. The predicted molar refractivity (Wildman–Crippen MR) is 155 cm³/mol. The van der Waals surface area contributed by atoms with Gasteiger partial charge in [0.25, 0.3) is 11.8 Å². The Balaban J connectivity index is 1.45. The van der Waals surface area contributed by atoms with Crippen molar-refractivity contribution in [2.45, 2.75) is 32.8 Å². The van der Waals surface area contributed by atoms with Crippen LogP contribution in [0.15, 0.2) is 84.9 Å². The number of carboxylic acid groups (broad SMARTS) is 1. The van der Waals surface area contributed by atoms with Gasteiger partial charge < -0.3 is 20.4 Å². The first-order valence-electron chi connectivity index (χ1n) is 13.2. The number of amides is 2. The largest absolute Gasteiger partial charge is 0.478 e. The second-order valence-electron chi connectivity index (χ2n) is 10.1. The lowest BCUT2D eigenvalue weighted by atomic mass is 9.98. The quantitative estimate of drug-likeness (QED) is 0.275. The number of aliphatic hydroxyl groups is 1. The fourth-order valence-electron chi connectivity index (χ4n) is 5.11. The van der Waals surface area contributed by atoms with Crippen molar-refractivity contribution >= 4 is 29.2 Å². The molecule has 1 heterocycles. The maximum Gasteiger partial charge on any atom is 0.336 e. The van der Waals surface area contributed by atoms with Crippen molar-refractivity contribution in [2.24, 2.45) is 0 Å². The van der Waals surface area contributed by atoms with Gasteiger partial charge in [0.05, 0.1) is 17.2 Å². The van der Waals surface area contributed by atoms with Crippen LogP contribution in [0.3, 0.4) is 0 Å². The molecule has 7 heteroatoms. The highest BCUT2D eigenvalue weighted by Gasteiger charge is 2.29. The van der Waals surface area contributed by atoms with Crippen LogP contribution < -0.4 is 10.2 Å². The Labute approximate surface area is 232 Å². The normalized spacial score (nSPS) is 14.7. The number of carbonyl (C=O) groups is 3. The molecule has 1 aliphatic heterocycles. The first-order chi connectivity index (χ1) is 19.2. The van der Waals surface area contributed by atoms with Gasteiger partial charge in [-0.1, -0.05) is 65.7 Å². The van der Waals surface area contributed by atoms with E-state index in [2.05, 4.69) is 5.32 Å². The second kappa shape index (κ2) is 11.2. The Bertz CT molecular complexity index is 1610. The minimum atomic E-state index is -1.28. The zero-order chi connectivity index (χ0) is 28.4. The molecular weight excluding hydrogens is 504 g/mol. The third kappa shape index (κ3) is 5.37. The second-order valence-corrected chi connectivity index (χ2v) is 10.1. The number of carbonyl (C=O) groups excluding carboxylic acids is 2. The summed E-state index contributed by atoms with van der Waals surface area (Å²) in [5.74, 6) is -2.14. The molecule has 0 aliphatic carbocycles. The lowest BCUT2D eigenvalue weighted by Gasteiger charge is -2.24. The topological polar surface area (TPSA) is 107 Å². The van der Waals surface area contributed by atoms with E-state index in [4.69, 9.17) is 0 Å². The van der Waals surface area contributed by atoms with E-state index in [1.165, 1.54) is 23.1 Å². The molecule has 0 bridgehead atoms. The molecule has 3 N–H and O–H groups in total. The molecule has 1 aliphatic rings. The lowest BCUT2D eigenvalue weighted by Crippen LogP contribution is -2.33. The van der Waals surface area contributed by atoms with E-state index in [9.17, 15) is 24.6 Å². The summed E-state index contributed by atoms with van der Waals surface area (Å²) in [6.07, 6.45) is 0.366. The molecule has 1 unspecified atom stereocenters. The predicted octanol–water partition coefficient (Wildman–Crippen LogP) is 6.39. The summed E-state index contributed by atoms with van der Waals surface area (Å²) in [7, 11) is 0. The Morgan fingerprint density at radius 1 is 0.825 bits per heavy atom. The SMILES string of the molecule is Cc1ccc(-c2ccccc2C(=O)Nc2ccc(C(=O)N3CCCC(O)c4cc(C)ccc43)c(C(=O)O)c2)cc1. The zero-order valence-electron chi connectivity index (χ0n) is 22.3.